The quantitative estimate of drug-likeness (QED) is 0.601. The van der Waals surface area contributed by atoms with Gasteiger partial charge in [0.05, 0.1) is 6.10 Å². The molecule has 1 saturated heterocycles. The van der Waals surface area contributed by atoms with Gasteiger partial charge in [0.15, 0.2) is 5.96 Å². The summed E-state index contributed by atoms with van der Waals surface area (Å²) in [6.45, 7) is 11.0. The van der Waals surface area contributed by atoms with Crippen molar-refractivity contribution in [1.29, 1.82) is 0 Å². The van der Waals surface area contributed by atoms with E-state index in [1.54, 1.807) is 0 Å². The van der Waals surface area contributed by atoms with Crippen molar-refractivity contribution < 1.29 is 4.74 Å². The minimum absolute atomic E-state index is 0.202. The van der Waals surface area contributed by atoms with Crippen LogP contribution in [0.15, 0.2) is 4.99 Å². The number of guanidine groups is 1. The highest BCUT2D eigenvalue weighted by Gasteiger charge is 2.59. The molecule has 4 nitrogen and oxygen atoms in total. The predicted octanol–water partition coefficient (Wildman–Crippen LogP) is 2.40. The fourth-order valence-corrected chi connectivity index (χ4v) is 3.78. The Labute approximate surface area is 123 Å². The summed E-state index contributed by atoms with van der Waals surface area (Å²) in [4.78, 5) is 4.38. The van der Waals surface area contributed by atoms with Crippen LogP contribution in [0.5, 0.6) is 0 Å². The van der Waals surface area contributed by atoms with Gasteiger partial charge in [-0.15, -0.1) is 0 Å². The molecular weight excluding hydrogens is 250 g/mol. The van der Waals surface area contributed by atoms with Gasteiger partial charge in [0.25, 0.3) is 0 Å². The van der Waals surface area contributed by atoms with Gasteiger partial charge in [0, 0.05) is 37.6 Å². The summed E-state index contributed by atoms with van der Waals surface area (Å²) in [5.41, 5.74) is 0.202. The largest absolute Gasteiger partial charge is 0.377 e. The van der Waals surface area contributed by atoms with Crippen LogP contribution in [0.4, 0.5) is 0 Å². The van der Waals surface area contributed by atoms with Crippen molar-refractivity contribution in [3.05, 3.63) is 0 Å². The summed E-state index contributed by atoms with van der Waals surface area (Å²) in [6, 6.07) is 0.475. The molecule has 3 atom stereocenters. The van der Waals surface area contributed by atoms with E-state index >= 15 is 0 Å². The molecule has 1 aliphatic heterocycles. The number of ether oxygens (including phenoxy) is 1. The number of aliphatic imine (C=N–C) groups is 1. The highest BCUT2D eigenvalue weighted by molar-refractivity contribution is 5.80. The first-order chi connectivity index (χ1) is 9.54. The molecule has 0 aromatic rings. The van der Waals surface area contributed by atoms with E-state index in [1.165, 1.54) is 19.3 Å². The van der Waals surface area contributed by atoms with E-state index in [-0.39, 0.29) is 5.41 Å². The molecule has 3 unspecified atom stereocenters. The molecule has 2 N–H and O–H groups in total. The van der Waals surface area contributed by atoms with Gasteiger partial charge < -0.3 is 15.4 Å². The molecule has 0 aromatic carbocycles. The Bertz CT molecular complexity index is 350. The number of nitrogens with one attached hydrogen (secondary N) is 2. The van der Waals surface area contributed by atoms with E-state index in [2.05, 4.69) is 43.3 Å². The zero-order valence-electron chi connectivity index (χ0n) is 13.7. The highest BCUT2D eigenvalue weighted by atomic mass is 16.5. The van der Waals surface area contributed by atoms with Gasteiger partial charge in [0.1, 0.15) is 0 Å². The van der Waals surface area contributed by atoms with Crippen molar-refractivity contribution >= 4 is 5.96 Å². The van der Waals surface area contributed by atoms with Crippen molar-refractivity contribution in [3.63, 3.8) is 0 Å². The van der Waals surface area contributed by atoms with Crippen LogP contribution >= 0.6 is 0 Å². The molecule has 1 saturated carbocycles. The summed E-state index contributed by atoms with van der Waals surface area (Å²) < 4.78 is 5.85. The van der Waals surface area contributed by atoms with Crippen LogP contribution in [0.3, 0.4) is 0 Å². The average molecular weight is 281 g/mol. The van der Waals surface area contributed by atoms with Crippen molar-refractivity contribution in [2.45, 2.75) is 59.1 Å². The Balaban J connectivity index is 1.87. The van der Waals surface area contributed by atoms with Crippen LogP contribution < -0.4 is 10.6 Å². The van der Waals surface area contributed by atoms with Crippen molar-refractivity contribution in [1.82, 2.24) is 10.6 Å². The normalized spacial score (nSPS) is 31.9. The van der Waals surface area contributed by atoms with Crippen LogP contribution in [-0.2, 0) is 4.74 Å². The van der Waals surface area contributed by atoms with E-state index < -0.39 is 0 Å². The molecule has 4 heteroatoms. The molecular formula is C16H31N3O. The van der Waals surface area contributed by atoms with Crippen molar-refractivity contribution in [2.75, 3.05) is 20.2 Å². The fraction of sp³-hybridized carbons (Fsp3) is 0.938. The standard InChI is InChI=1S/C16H31N3O/c1-6-11(7-2)10-18-15(17-5)19-13-12-8-9-20-14(12)16(13,3)4/h11-14H,6-10H2,1-5H3,(H2,17,18,19). The first-order valence-electron chi connectivity index (χ1n) is 8.13. The summed E-state index contributed by atoms with van der Waals surface area (Å²) in [5, 5.41) is 7.11. The third-order valence-electron chi connectivity index (χ3n) is 5.33. The van der Waals surface area contributed by atoms with Gasteiger partial charge in [0.2, 0.25) is 0 Å². The molecule has 2 fully saturated rings. The van der Waals surface area contributed by atoms with Gasteiger partial charge in [-0.1, -0.05) is 40.5 Å². The van der Waals surface area contributed by atoms with Gasteiger partial charge >= 0.3 is 0 Å². The van der Waals surface area contributed by atoms with Gasteiger partial charge in [-0.05, 0) is 12.3 Å². The molecule has 2 rings (SSSR count). The first-order valence-corrected chi connectivity index (χ1v) is 8.13. The van der Waals surface area contributed by atoms with Crippen LogP contribution in [0.1, 0.15) is 47.0 Å². The summed E-state index contributed by atoms with van der Waals surface area (Å²) >= 11 is 0. The van der Waals surface area contributed by atoms with Gasteiger partial charge in [-0.25, -0.2) is 0 Å². The predicted molar refractivity (Wildman–Crippen MR) is 84.0 cm³/mol. The number of hydrogen-bond donors (Lipinski definition) is 2. The SMILES string of the molecule is CCC(CC)CNC(=NC)NC1C2CCOC2C1(C)C. The highest BCUT2D eigenvalue weighted by Crippen LogP contribution is 2.52. The van der Waals surface area contributed by atoms with Crippen molar-refractivity contribution in [3.8, 4) is 0 Å². The summed E-state index contributed by atoms with van der Waals surface area (Å²) in [7, 11) is 1.86. The molecule has 0 amide bonds. The molecule has 20 heavy (non-hydrogen) atoms. The first kappa shape index (κ1) is 15.6. The minimum atomic E-state index is 0.202. The molecule has 0 spiro atoms. The lowest BCUT2D eigenvalue weighted by molar-refractivity contribution is -0.106. The third kappa shape index (κ3) is 2.80. The second-order valence-corrected chi connectivity index (χ2v) is 6.82. The van der Waals surface area contributed by atoms with E-state index in [4.69, 9.17) is 4.74 Å². The maximum Gasteiger partial charge on any atom is 0.191 e. The smallest absolute Gasteiger partial charge is 0.191 e. The van der Waals surface area contributed by atoms with Crippen LogP contribution in [0.25, 0.3) is 0 Å². The Kier molecular flexibility index (Phi) is 4.95. The van der Waals surface area contributed by atoms with Crippen LogP contribution in [0.2, 0.25) is 0 Å². The molecule has 1 heterocycles. The summed E-state index contributed by atoms with van der Waals surface area (Å²) in [6.07, 6.45) is 4.04. The Hall–Kier alpha value is -0.770. The topological polar surface area (TPSA) is 45.7 Å². The van der Waals surface area contributed by atoms with E-state index in [0.717, 1.165) is 25.0 Å². The number of rotatable bonds is 5. The molecule has 0 aromatic heterocycles. The second kappa shape index (κ2) is 6.33. The van der Waals surface area contributed by atoms with Crippen LogP contribution in [-0.4, -0.2) is 38.3 Å². The molecule has 0 radical (unpaired) electrons. The Morgan fingerprint density at radius 1 is 1.35 bits per heavy atom. The molecule has 1 aliphatic carbocycles. The van der Waals surface area contributed by atoms with Crippen molar-refractivity contribution in [2.24, 2.45) is 22.2 Å². The van der Waals surface area contributed by atoms with E-state index in [9.17, 15) is 0 Å². The minimum Gasteiger partial charge on any atom is -0.377 e. The maximum atomic E-state index is 5.85. The molecule has 2 aliphatic rings. The number of fused-ring (bicyclic) bond motifs is 1. The van der Waals surface area contributed by atoms with E-state index in [0.29, 0.717) is 18.1 Å². The number of hydrogen-bond acceptors (Lipinski definition) is 2. The van der Waals surface area contributed by atoms with Gasteiger partial charge in [-0.3, -0.25) is 4.99 Å². The zero-order valence-corrected chi connectivity index (χ0v) is 13.7. The van der Waals surface area contributed by atoms with Gasteiger partial charge in [-0.2, -0.15) is 0 Å². The molecule has 0 bridgehead atoms. The van der Waals surface area contributed by atoms with E-state index in [1.807, 2.05) is 7.05 Å². The monoisotopic (exact) mass is 281 g/mol. The lowest BCUT2D eigenvalue weighted by atomic mass is 9.57. The average Bonchev–Trinajstić information content (AvgIpc) is 2.89. The molecule has 116 valence electrons. The summed E-state index contributed by atoms with van der Waals surface area (Å²) in [5.74, 6) is 2.32. The Morgan fingerprint density at radius 2 is 2.05 bits per heavy atom. The Morgan fingerprint density at radius 3 is 2.65 bits per heavy atom. The number of nitrogens with zero attached hydrogens (tertiary/aromatic N) is 1. The fourth-order valence-electron chi connectivity index (χ4n) is 3.78. The maximum absolute atomic E-state index is 5.85. The zero-order chi connectivity index (χ0) is 14.8. The lowest BCUT2D eigenvalue weighted by Gasteiger charge is -2.55. The lowest BCUT2D eigenvalue weighted by Crippen LogP contribution is -2.68. The third-order valence-corrected chi connectivity index (χ3v) is 5.33. The van der Waals surface area contributed by atoms with Crippen LogP contribution in [0, 0.1) is 17.3 Å². The second-order valence-electron chi connectivity index (χ2n) is 6.82.